The molecule has 1 aromatic heterocycles. The van der Waals surface area contributed by atoms with E-state index in [1.54, 1.807) is 11.4 Å². The number of rotatable bonds is 8. The molecular weight excluding hydrogens is 284 g/mol. The first-order valence-corrected chi connectivity index (χ1v) is 7.99. The molecular formula is C15H24N4OS. The third-order valence-corrected chi connectivity index (χ3v) is 4.18. The fourth-order valence-electron chi connectivity index (χ4n) is 1.96. The van der Waals surface area contributed by atoms with Crippen molar-refractivity contribution in [2.75, 3.05) is 31.5 Å². The molecule has 0 unspecified atom stereocenters. The Morgan fingerprint density at radius 2 is 2.29 bits per heavy atom. The number of carbonyl (C=O) groups is 1. The monoisotopic (exact) mass is 308 g/mol. The minimum absolute atomic E-state index is 0.0498. The van der Waals surface area contributed by atoms with Crippen molar-refractivity contribution in [2.45, 2.75) is 27.2 Å². The van der Waals surface area contributed by atoms with Crippen LogP contribution in [0, 0.1) is 16.7 Å². The number of thiophene rings is 1. The Morgan fingerprint density at radius 1 is 1.57 bits per heavy atom. The van der Waals surface area contributed by atoms with Crippen LogP contribution in [0.15, 0.2) is 11.4 Å². The van der Waals surface area contributed by atoms with Gasteiger partial charge >= 0.3 is 0 Å². The average molecular weight is 308 g/mol. The van der Waals surface area contributed by atoms with Gasteiger partial charge in [-0.15, -0.1) is 11.3 Å². The van der Waals surface area contributed by atoms with Crippen LogP contribution in [0.25, 0.3) is 0 Å². The largest absolute Gasteiger partial charge is 0.330 e. The lowest BCUT2D eigenvalue weighted by Crippen LogP contribution is -2.39. The Kier molecular flexibility index (Phi) is 6.82. The van der Waals surface area contributed by atoms with Gasteiger partial charge in [0.15, 0.2) is 0 Å². The van der Waals surface area contributed by atoms with Crippen LogP contribution >= 0.6 is 11.3 Å². The van der Waals surface area contributed by atoms with Crippen LogP contribution in [0.2, 0.25) is 0 Å². The van der Waals surface area contributed by atoms with Crippen molar-refractivity contribution < 1.29 is 4.79 Å². The van der Waals surface area contributed by atoms with Crippen LogP contribution in [-0.4, -0.2) is 37.0 Å². The summed E-state index contributed by atoms with van der Waals surface area (Å²) >= 11 is 1.37. The summed E-state index contributed by atoms with van der Waals surface area (Å²) in [6.45, 7) is 9.41. The van der Waals surface area contributed by atoms with E-state index in [1.807, 2.05) is 0 Å². The zero-order chi connectivity index (χ0) is 15.9. The van der Waals surface area contributed by atoms with Gasteiger partial charge in [0.25, 0.3) is 0 Å². The predicted octanol–water partition coefficient (Wildman–Crippen LogP) is 2.26. The molecule has 21 heavy (non-hydrogen) atoms. The van der Waals surface area contributed by atoms with Gasteiger partial charge in [0, 0.05) is 19.5 Å². The summed E-state index contributed by atoms with van der Waals surface area (Å²) in [5.74, 6) is -0.0574. The van der Waals surface area contributed by atoms with Gasteiger partial charge in [-0.2, -0.15) is 5.26 Å². The zero-order valence-corrected chi connectivity index (χ0v) is 13.8. The van der Waals surface area contributed by atoms with Gasteiger partial charge in [-0.05, 0) is 30.0 Å². The van der Waals surface area contributed by atoms with E-state index in [0.717, 1.165) is 13.1 Å². The molecule has 1 heterocycles. The van der Waals surface area contributed by atoms with E-state index >= 15 is 0 Å². The second-order valence-electron chi connectivity index (χ2n) is 5.81. The molecule has 0 aliphatic carbocycles. The highest BCUT2D eigenvalue weighted by Gasteiger charge is 2.20. The normalized spacial score (nSPS) is 11.4. The van der Waals surface area contributed by atoms with Gasteiger partial charge < -0.3 is 16.0 Å². The zero-order valence-electron chi connectivity index (χ0n) is 13.0. The van der Waals surface area contributed by atoms with Crippen LogP contribution in [0.4, 0.5) is 5.00 Å². The highest BCUT2D eigenvalue weighted by molar-refractivity contribution is 7.14. The number of anilines is 1. The average Bonchev–Trinajstić information content (AvgIpc) is 2.90. The SMILES string of the molecule is CCN(CCC(=O)Nc1sccc1C#N)CC(C)(C)CN. The van der Waals surface area contributed by atoms with Crippen molar-refractivity contribution >= 4 is 22.2 Å². The molecule has 0 saturated heterocycles. The molecule has 3 N–H and O–H groups in total. The predicted molar refractivity (Wildman–Crippen MR) is 87.2 cm³/mol. The van der Waals surface area contributed by atoms with Crippen molar-refractivity contribution in [1.29, 1.82) is 5.26 Å². The maximum Gasteiger partial charge on any atom is 0.226 e. The highest BCUT2D eigenvalue weighted by atomic mass is 32.1. The Morgan fingerprint density at radius 3 is 2.86 bits per heavy atom. The van der Waals surface area contributed by atoms with E-state index in [4.69, 9.17) is 11.0 Å². The Balaban J connectivity index is 2.46. The Bertz CT molecular complexity index is 504. The lowest BCUT2D eigenvalue weighted by Gasteiger charge is -2.30. The molecule has 0 bridgehead atoms. The van der Waals surface area contributed by atoms with Crippen LogP contribution < -0.4 is 11.1 Å². The maximum atomic E-state index is 12.0. The van der Waals surface area contributed by atoms with Gasteiger partial charge in [0.2, 0.25) is 5.91 Å². The molecule has 0 fully saturated rings. The molecule has 0 radical (unpaired) electrons. The summed E-state index contributed by atoms with van der Waals surface area (Å²) in [5, 5.41) is 14.2. The Hall–Kier alpha value is -1.42. The van der Waals surface area contributed by atoms with E-state index in [2.05, 4.69) is 37.1 Å². The fourth-order valence-corrected chi connectivity index (χ4v) is 2.72. The standard InChI is InChI=1S/C15H24N4OS/c1-4-19(11-15(2,3)10-17)7-5-13(20)18-14-12(9-16)6-8-21-14/h6,8H,4-5,7,10-11,17H2,1-3H3,(H,18,20). The first-order chi connectivity index (χ1) is 9.91. The van der Waals surface area contributed by atoms with Crippen molar-refractivity contribution in [3.05, 3.63) is 17.0 Å². The van der Waals surface area contributed by atoms with Crippen LogP contribution in [-0.2, 0) is 4.79 Å². The third kappa shape index (κ3) is 5.84. The molecule has 0 atom stereocenters. The molecule has 0 aliphatic heterocycles. The number of carbonyl (C=O) groups excluding carboxylic acids is 1. The van der Waals surface area contributed by atoms with E-state index < -0.39 is 0 Å². The van der Waals surface area contributed by atoms with Gasteiger partial charge in [-0.3, -0.25) is 4.79 Å². The number of hydrogen-bond donors (Lipinski definition) is 2. The summed E-state index contributed by atoms with van der Waals surface area (Å²) < 4.78 is 0. The van der Waals surface area contributed by atoms with Crippen molar-refractivity contribution in [1.82, 2.24) is 4.90 Å². The van der Waals surface area contributed by atoms with E-state index in [1.165, 1.54) is 11.3 Å². The summed E-state index contributed by atoms with van der Waals surface area (Å²) in [6, 6.07) is 3.78. The molecule has 5 nitrogen and oxygen atoms in total. The Labute approximate surface area is 130 Å². The van der Waals surface area contributed by atoms with Crippen molar-refractivity contribution in [3.63, 3.8) is 0 Å². The van der Waals surface area contributed by atoms with Crippen LogP contribution in [0.1, 0.15) is 32.8 Å². The minimum Gasteiger partial charge on any atom is -0.330 e. The van der Waals surface area contributed by atoms with Crippen LogP contribution in [0.3, 0.4) is 0 Å². The van der Waals surface area contributed by atoms with Crippen molar-refractivity contribution in [2.24, 2.45) is 11.1 Å². The molecule has 0 spiro atoms. The maximum absolute atomic E-state index is 12.0. The van der Waals surface area contributed by atoms with Gasteiger partial charge in [0.05, 0.1) is 5.56 Å². The number of nitriles is 1. The quantitative estimate of drug-likeness (QED) is 0.771. The number of nitrogens with one attached hydrogen (secondary N) is 1. The molecule has 116 valence electrons. The van der Waals surface area contributed by atoms with Gasteiger partial charge in [-0.1, -0.05) is 20.8 Å². The highest BCUT2D eigenvalue weighted by Crippen LogP contribution is 2.22. The summed E-state index contributed by atoms with van der Waals surface area (Å²) in [4.78, 5) is 14.2. The first-order valence-electron chi connectivity index (χ1n) is 7.11. The lowest BCUT2D eigenvalue weighted by molar-refractivity contribution is -0.116. The molecule has 6 heteroatoms. The van der Waals surface area contributed by atoms with E-state index in [0.29, 0.717) is 30.1 Å². The molecule has 0 aliphatic rings. The van der Waals surface area contributed by atoms with E-state index in [-0.39, 0.29) is 11.3 Å². The van der Waals surface area contributed by atoms with E-state index in [9.17, 15) is 4.79 Å². The third-order valence-electron chi connectivity index (χ3n) is 3.35. The second-order valence-corrected chi connectivity index (χ2v) is 6.73. The van der Waals surface area contributed by atoms with Crippen LogP contribution in [0.5, 0.6) is 0 Å². The number of hydrogen-bond acceptors (Lipinski definition) is 5. The minimum atomic E-state index is -0.0574. The van der Waals surface area contributed by atoms with Gasteiger partial charge in [0.1, 0.15) is 11.1 Å². The number of amides is 1. The molecule has 1 amide bonds. The summed E-state index contributed by atoms with van der Waals surface area (Å²) in [5.41, 5.74) is 6.32. The lowest BCUT2D eigenvalue weighted by atomic mass is 9.93. The van der Waals surface area contributed by atoms with Gasteiger partial charge in [-0.25, -0.2) is 0 Å². The molecule has 0 saturated carbocycles. The summed E-state index contributed by atoms with van der Waals surface area (Å²) in [7, 11) is 0. The number of nitrogens with two attached hydrogens (primary N) is 1. The molecule has 0 aromatic carbocycles. The number of nitrogens with zero attached hydrogens (tertiary/aromatic N) is 2. The fraction of sp³-hybridized carbons (Fsp3) is 0.600. The second kappa shape index (κ2) is 8.13. The first kappa shape index (κ1) is 17.6. The smallest absolute Gasteiger partial charge is 0.226 e. The molecule has 1 rings (SSSR count). The summed E-state index contributed by atoms with van der Waals surface area (Å²) in [6.07, 6.45) is 0.414. The van der Waals surface area contributed by atoms with Crippen molar-refractivity contribution in [3.8, 4) is 6.07 Å². The molecule has 1 aromatic rings. The topological polar surface area (TPSA) is 82.2 Å².